The van der Waals surface area contributed by atoms with Crippen LogP contribution in [-0.2, 0) is 13.1 Å². The van der Waals surface area contributed by atoms with Crippen LogP contribution in [0, 0.1) is 0 Å². The zero-order chi connectivity index (χ0) is 12.9. The van der Waals surface area contributed by atoms with Gasteiger partial charge in [0.1, 0.15) is 0 Å². The van der Waals surface area contributed by atoms with Crippen LogP contribution in [0.15, 0.2) is 43.0 Å². The molecule has 0 radical (unpaired) electrons. The highest BCUT2D eigenvalue weighted by atomic mass is 15.0. The Morgan fingerprint density at radius 2 is 2.16 bits per heavy atom. The minimum Gasteiger partial charge on any atom is -0.337 e. The maximum atomic E-state index is 4.05. The average Bonchev–Trinajstić information content (AvgIpc) is 3.16. The third kappa shape index (κ3) is 3.44. The molecule has 0 amide bonds. The quantitative estimate of drug-likeness (QED) is 0.771. The molecule has 1 aliphatic rings. The number of hydrogen-bond acceptors (Lipinski definition) is 2. The molecular weight excluding hydrogens is 234 g/mol. The molecule has 0 aliphatic heterocycles. The molecule has 100 valence electrons. The minimum atomic E-state index is 0.837. The maximum absolute atomic E-state index is 4.05. The molecule has 1 aromatic carbocycles. The van der Waals surface area contributed by atoms with Gasteiger partial charge in [-0.1, -0.05) is 24.3 Å². The van der Waals surface area contributed by atoms with Gasteiger partial charge in [-0.3, -0.25) is 0 Å². The fourth-order valence-electron chi connectivity index (χ4n) is 2.52. The summed E-state index contributed by atoms with van der Waals surface area (Å²) in [5.74, 6) is 0.837. The van der Waals surface area contributed by atoms with Gasteiger partial charge in [0.25, 0.3) is 0 Å². The van der Waals surface area contributed by atoms with E-state index in [4.69, 9.17) is 0 Å². The highest BCUT2D eigenvalue weighted by Gasteiger charge is 2.25. The first-order chi connectivity index (χ1) is 9.43. The smallest absolute Gasteiger partial charge is 0.0945 e. The molecule has 0 spiro atoms. The lowest BCUT2D eigenvalue weighted by Crippen LogP contribution is -2.17. The molecule has 0 unspecified atom stereocenters. The Labute approximate surface area is 114 Å². The summed E-state index contributed by atoms with van der Waals surface area (Å²) in [6.45, 7) is 3.09. The van der Waals surface area contributed by atoms with Crippen LogP contribution in [0.1, 0.15) is 36.3 Å². The van der Waals surface area contributed by atoms with E-state index in [0.29, 0.717) is 0 Å². The van der Waals surface area contributed by atoms with Gasteiger partial charge in [-0.05, 0) is 42.9 Å². The normalized spacial score (nSPS) is 14.7. The van der Waals surface area contributed by atoms with Gasteiger partial charge in [0.2, 0.25) is 0 Å². The topological polar surface area (TPSA) is 29.9 Å². The number of aromatic nitrogens is 2. The molecule has 3 nitrogen and oxygen atoms in total. The SMILES string of the molecule is c1ccc(C2CC2)c(CNCCCn2ccnc2)c1. The summed E-state index contributed by atoms with van der Waals surface area (Å²) in [5, 5.41) is 3.55. The lowest BCUT2D eigenvalue weighted by molar-refractivity contribution is 0.579. The van der Waals surface area contributed by atoms with Gasteiger partial charge in [-0.25, -0.2) is 4.98 Å². The number of nitrogens with one attached hydrogen (secondary N) is 1. The van der Waals surface area contributed by atoms with Crippen molar-refractivity contribution >= 4 is 0 Å². The number of imidazole rings is 1. The van der Waals surface area contributed by atoms with E-state index < -0.39 is 0 Å². The van der Waals surface area contributed by atoms with E-state index >= 15 is 0 Å². The van der Waals surface area contributed by atoms with E-state index in [2.05, 4.69) is 39.1 Å². The van der Waals surface area contributed by atoms with Gasteiger partial charge >= 0.3 is 0 Å². The van der Waals surface area contributed by atoms with Crippen molar-refractivity contribution in [2.24, 2.45) is 0 Å². The molecule has 19 heavy (non-hydrogen) atoms. The third-order valence-electron chi connectivity index (χ3n) is 3.72. The lowest BCUT2D eigenvalue weighted by atomic mass is 10.0. The summed E-state index contributed by atoms with van der Waals surface area (Å²) in [4.78, 5) is 4.05. The van der Waals surface area contributed by atoms with Crippen LogP contribution < -0.4 is 5.32 Å². The summed E-state index contributed by atoms with van der Waals surface area (Å²) < 4.78 is 2.12. The van der Waals surface area contributed by atoms with E-state index in [9.17, 15) is 0 Å². The van der Waals surface area contributed by atoms with Gasteiger partial charge in [0.05, 0.1) is 6.33 Å². The van der Waals surface area contributed by atoms with E-state index in [1.807, 2.05) is 18.7 Å². The van der Waals surface area contributed by atoms with Crippen LogP contribution in [0.2, 0.25) is 0 Å². The molecule has 0 atom stereocenters. The summed E-state index contributed by atoms with van der Waals surface area (Å²) in [6.07, 6.45) is 9.61. The molecule has 3 heteroatoms. The fraction of sp³-hybridized carbons (Fsp3) is 0.438. The first kappa shape index (κ1) is 12.4. The Bertz CT molecular complexity index is 500. The van der Waals surface area contributed by atoms with Crippen molar-refractivity contribution in [2.75, 3.05) is 6.54 Å². The predicted molar refractivity (Wildman–Crippen MR) is 77.0 cm³/mol. The summed E-state index contributed by atoms with van der Waals surface area (Å²) in [6, 6.07) is 8.86. The van der Waals surface area contributed by atoms with E-state index in [1.165, 1.54) is 18.4 Å². The molecule has 1 aliphatic carbocycles. The predicted octanol–water partition coefficient (Wildman–Crippen LogP) is 2.94. The van der Waals surface area contributed by atoms with Gasteiger partial charge in [0.15, 0.2) is 0 Å². The third-order valence-corrected chi connectivity index (χ3v) is 3.72. The van der Waals surface area contributed by atoms with Crippen molar-refractivity contribution in [1.29, 1.82) is 0 Å². The second kappa shape index (κ2) is 6.02. The standard InChI is InChI=1S/C16H21N3/c1-2-5-16(14-6-7-14)15(4-1)12-17-8-3-10-19-11-9-18-13-19/h1-2,4-5,9,11,13-14,17H,3,6-8,10,12H2. The first-order valence-electron chi connectivity index (χ1n) is 7.18. The Hall–Kier alpha value is -1.61. The molecular formula is C16H21N3. The molecule has 1 aromatic heterocycles. The minimum absolute atomic E-state index is 0.837. The first-order valence-corrected chi connectivity index (χ1v) is 7.18. The van der Waals surface area contributed by atoms with Crippen LogP contribution in [0.25, 0.3) is 0 Å². The number of hydrogen-bond donors (Lipinski definition) is 1. The lowest BCUT2D eigenvalue weighted by Gasteiger charge is -2.10. The van der Waals surface area contributed by atoms with Gasteiger partial charge in [-0.15, -0.1) is 0 Å². The largest absolute Gasteiger partial charge is 0.337 e. The maximum Gasteiger partial charge on any atom is 0.0945 e. The number of benzene rings is 1. The monoisotopic (exact) mass is 255 g/mol. The zero-order valence-electron chi connectivity index (χ0n) is 11.3. The highest BCUT2D eigenvalue weighted by Crippen LogP contribution is 2.41. The number of aryl methyl sites for hydroxylation is 1. The molecule has 0 saturated heterocycles. The molecule has 1 heterocycles. The highest BCUT2D eigenvalue weighted by molar-refractivity contribution is 5.33. The van der Waals surface area contributed by atoms with Crippen molar-refractivity contribution in [2.45, 2.75) is 38.3 Å². The Morgan fingerprint density at radius 3 is 2.95 bits per heavy atom. The second-order valence-electron chi connectivity index (χ2n) is 5.30. The second-order valence-corrected chi connectivity index (χ2v) is 5.30. The Balaban J connectivity index is 1.42. The molecule has 2 aromatic rings. The van der Waals surface area contributed by atoms with Crippen LogP contribution >= 0.6 is 0 Å². The zero-order valence-corrected chi connectivity index (χ0v) is 11.3. The van der Waals surface area contributed by atoms with Crippen molar-refractivity contribution in [3.63, 3.8) is 0 Å². The number of rotatable bonds is 7. The Kier molecular flexibility index (Phi) is 3.94. The van der Waals surface area contributed by atoms with Crippen molar-refractivity contribution in [3.8, 4) is 0 Å². The van der Waals surface area contributed by atoms with Gasteiger partial charge in [-0.2, -0.15) is 0 Å². The van der Waals surface area contributed by atoms with Crippen LogP contribution in [0.3, 0.4) is 0 Å². The van der Waals surface area contributed by atoms with Crippen LogP contribution in [0.4, 0.5) is 0 Å². The molecule has 1 saturated carbocycles. The average molecular weight is 255 g/mol. The van der Waals surface area contributed by atoms with E-state index in [1.54, 1.807) is 5.56 Å². The number of nitrogens with zero attached hydrogens (tertiary/aromatic N) is 2. The van der Waals surface area contributed by atoms with Crippen molar-refractivity contribution < 1.29 is 0 Å². The summed E-state index contributed by atoms with van der Waals surface area (Å²) in [7, 11) is 0. The molecule has 3 rings (SSSR count). The van der Waals surface area contributed by atoms with Crippen LogP contribution in [0.5, 0.6) is 0 Å². The van der Waals surface area contributed by atoms with Crippen molar-refractivity contribution in [1.82, 2.24) is 14.9 Å². The van der Waals surface area contributed by atoms with Gasteiger partial charge in [0, 0.05) is 25.5 Å². The molecule has 0 bridgehead atoms. The molecule has 1 fully saturated rings. The van der Waals surface area contributed by atoms with Gasteiger partial charge < -0.3 is 9.88 Å². The fourth-order valence-corrected chi connectivity index (χ4v) is 2.52. The molecule has 1 N–H and O–H groups in total. The summed E-state index contributed by atoms with van der Waals surface area (Å²) >= 11 is 0. The van der Waals surface area contributed by atoms with Crippen LogP contribution in [-0.4, -0.2) is 16.1 Å². The summed E-state index contributed by atoms with van der Waals surface area (Å²) in [5.41, 5.74) is 3.04. The van der Waals surface area contributed by atoms with Crippen molar-refractivity contribution in [3.05, 3.63) is 54.1 Å². The Morgan fingerprint density at radius 1 is 1.26 bits per heavy atom. The van der Waals surface area contributed by atoms with E-state index in [0.717, 1.165) is 32.0 Å². The van der Waals surface area contributed by atoms with E-state index in [-0.39, 0.29) is 0 Å².